The van der Waals surface area contributed by atoms with Crippen LogP contribution in [-0.2, 0) is 11.3 Å². The SMILES string of the molecule is O=C(O)OC1C=CCn2c(=O)[nH]c(=O)n21. The Kier molecular flexibility index (Phi) is 1.96. The smallest absolute Gasteiger partial charge is 0.450 e. The Morgan fingerprint density at radius 3 is 2.93 bits per heavy atom. The van der Waals surface area contributed by atoms with E-state index >= 15 is 0 Å². The first kappa shape index (κ1) is 9.31. The first-order valence-electron chi connectivity index (χ1n) is 4.07. The maximum absolute atomic E-state index is 11.3. The van der Waals surface area contributed by atoms with E-state index < -0.39 is 23.8 Å². The first-order chi connectivity index (χ1) is 7.09. The highest BCUT2D eigenvalue weighted by molar-refractivity contribution is 5.57. The number of aromatic amines is 1. The number of hydrogen-bond acceptors (Lipinski definition) is 4. The van der Waals surface area contributed by atoms with Crippen molar-refractivity contribution in [2.24, 2.45) is 0 Å². The van der Waals surface area contributed by atoms with Gasteiger partial charge in [-0.2, -0.15) is 4.68 Å². The minimum absolute atomic E-state index is 0.205. The summed E-state index contributed by atoms with van der Waals surface area (Å²) in [6.07, 6.45) is 0.326. The molecular weight excluding hydrogens is 206 g/mol. The molecule has 0 fully saturated rings. The number of ether oxygens (including phenoxy) is 1. The molecular formula is C7H7N3O5. The highest BCUT2D eigenvalue weighted by Gasteiger charge is 2.22. The van der Waals surface area contributed by atoms with Crippen molar-refractivity contribution in [3.63, 3.8) is 0 Å². The molecule has 1 aromatic rings. The standard InChI is InChI=1S/C7H7N3O5/c11-5-8-6(12)10-4(15-7(13)14)2-1-3-9(5)10/h1-2,4H,3H2,(H,13,14)(H,8,11,12). The van der Waals surface area contributed by atoms with Crippen LogP contribution in [0.3, 0.4) is 0 Å². The van der Waals surface area contributed by atoms with E-state index in [1.54, 1.807) is 6.08 Å². The van der Waals surface area contributed by atoms with Gasteiger partial charge in [0.2, 0.25) is 6.23 Å². The minimum atomic E-state index is -1.52. The molecule has 1 unspecified atom stereocenters. The second kappa shape index (κ2) is 3.15. The Hall–Kier alpha value is -2.25. The van der Waals surface area contributed by atoms with Crippen molar-refractivity contribution in [1.82, 2.24) is 14.3 Å². The van der Waals surface area contributed by atoms with Crippen LogP contribution in [0.4, 0.5) is 4.79 Å². The molecule has 1 aliphatic heterocycles. The Morgan fingerprint density at radius 2 is 2.27 bits per heavy atom. The number of allylic oxidation sites excluding steroid dienone is 1. The van der Waals surface area contributed by atoms with E-state index in [0.29, 0.717) is 0 Å². The highest BCUT2D eigenvalue weighted by Crippen LogP contribution is 2.11. The number of H-pyrrole nitrogens is 1. The quantitative estimate of drug-likeness (QED) is 0.464. The Bertz CT molecular complexity index is 534. The second-order valence-electron chi connectivity index (χ2n) is 2.86. The number of aromatic nitrogens is 3. The summed E-state index contributed by atoms with van der Waals surface area (Å²) in [5.74, 6) is 0. The molecule has 2 N–H and O–H groups in total. The van der Waals surface area contributed by atoms with Crippen molar-refractivity contribution in [1.29, 1.82) is 0 Å². The van der Waals surface area contributed by atoms with Gasteiger partial charge in [-0.3, -0.25) is 4.98 Å². The lowest BCUT2D eigenvalue weighted by molar-refractivity contribution is 0.0258. The van der Waals surface area contributed by atoms with Gasteiger partial charge < -0.3 is 9.84 Å². The molecule has 0 amide bonds. The molecule has 2 rings (SSSR count). The topological polar surface area (TPSA) is 106 Å². The van der Waals surface area contributed by atoms with Gasteiger partial charge in [-0.15, -0.1) is 0 Å². The zero-order chi connectivity index (χ0) is 11.0. The Morgan fingerprint density at radius 1 is 1.53 bits per heavy atom. The molecule has 0 aliphatic carbocycles. The number of carbonyl (C=O) groups is 1. The van der Waals surface area contributed by atoms with Crippen LogP contribution in [0.5, 0.6) is 0 Å². The number of rotatable bonds is 1. The van der Waals surface area contributed by atoms with Crippen LogP contribution in [0.2, 0.25) is 0 Å². The third-order valence-corrected chi connectivity index (χ3v) is 1.96. The summed E-state index contributed by atoms with van der Waals surface area (Å²) in [4.78, 5) is 34.8. The number of fused-ring (bicyclic) bond motifs is 1. The average molecular weight is 213 g/mol. The Labute approximate surface area is 82.0 Å². The predicted octanol–water partition coefficient (Wildman–Crippen LogP) is -0.899. The van der Waals surface area contributed by atoms with Gasteiger partial charge in [0.1, 0.15) is 0 Å². The number of hydrogen-bond donors (Lipinski definition) is 2. The van der Waals surface area contributed by atoms with Gasteiger partial charge in [-0.05, 0) is 6.08 Å². The van der Waals surface area contributed by atoms with Crippen LogP contribution >= 0.6 is 0 Å². The normalized spacial score (nSPS) is 18.5. The van der Waals surface area contributed by atoms with Crippen LogP contribution in [0.25, 0.3) is 0 Å². The van der Waals surface area contributed by atoms with Crippen molar-refractivity contribution < 1.29 is 14.6 Å². The summed E-state index contributed by atoms with van der Waals surface area (Å²) in [5, 5.41) is 8.42. The third kappa shape index (κ3) is 1.45. The van der Waals surface area contributed by atoms with Crippen molar-refractivity contribution in [3.05, 3.63) is 33.1 Å². The first-order valence-corrected chi connectivity index (χ1v) is 4.07. The zero-order valence-electron chi connectivity index (χ0n) is 7.41. The number of carboxylic acid groups (broad SMARTS) is 1. The summed E-state index contributed by atoms with van der Waals surface area (Å²) >= 11 is 0. The van der Waals surface area contributed by atoms with Gasteiger partial charge >= 0.3 is 17.5 Å². The molecule has 1 aromatic heterocycles. The maximum Gasteiger partial charge on any atom is 0.508 e. The van der Waals surface area contributed by atoms with Gasteiger partial charge in [0.25, 0.3) is 0 Å². The van der Waals surface area contributed by atoms with E-state index in [1.807, 2.05) is 4.98 Å². The summed E-state index contributed by atoms with van der Waals surface area (Å²) in [7, 11) is 0. The molecule has 0 radical (unpaired) electrons. The molecule has 15 heavy (non-hydrogen) atoms. The van der Waals surface area contributed by atoms with Gasteiger partial charge in [0.05, 0.1) is 6.54 Å². The molecule has 0 saturated carbocycles. The van der Waals surface area contributed by atoms with Crippen molar-refractivity contribution in [3.8, 4) is 0 Å². The third-order valence-electron chi connectivity index (χ3n) is 1.96. The molecule has 0 saturated heterocycles. The van der Waals surface area contributed by atoms with Gasteiger partial charge in [-0.1, -0.05) is 6.08 Å². The van der Waals surface area contributed by atoms with Gasteiger partial charge in [0, 0.05) is 0 Å². The molecule has 1 aliphatic rings. The second-order valence-corrected chi connectivity index (χ2v) is 2.86. The molecule has 0 aromatic carbocycles. The monoisotopic (exact) mass is 213 g/mol. The largest absolute Gasteiger partial charge is 0.508 e. The summed E-state index contributed by atoms with van der Waals surface area (Å²) in [6.45, 7) is 0.205. The zero-order valence-corrected chi connectivity index (χ0v) is 7.41. The fourth-order valence-electron chi connectivity index (χ4n) is 1.40. The van der Waals surface area contributed by atoms with Gasteiger partial charge in [0.15, 0.2) is 0 Å². The van der Waals surface area contributed by atoms with E-state index in [1.165, 1.54) is 6.08 Å². The molecule has 8 nitrogen and oxygen atoms in total. The molecule has 0 bridgehead atoms. The summed E-state index contributed by atoms with van der Waals surface area (Å²) < 4.78 is 6.40. The molecule has 2 heterocycles. The molecule has 0 spiro atoms. The fourth-order valence-corrected chi connectivity index (χ4v) is 1.40. The van der Waals surface area contributed by atoms with Crippen molar-refractivity contribution >= 4 is 6.16 Å². The average Bonchev–Trinajstić information content (AvgIpc) is 2.43. The van der Waals surface area contributed by atoms with E-state index in [0.717, 1.165) is 9.36 Å². The van der Waals surface area contributed by atoms with E-state index in [4.69, 9.17) is 5.11 Å². The summed E-state index contributed by atoms with van der Waals surface area (Å²) in [6, 6.07) is 0. The van der Waals surface area contributed by atoms with E-state index in [2.05, 4.69) is 4.74 Å². The highest BCUT2D eigenvalue weighted by atomic mass is 16.7. The van der Waals surface area contributed by atoms with Crippen LogP contribution in [-0.4, -0.2) is 25.6 Å². The van der Waals surface area contributed by atoms with Crippen LogP contribution < -0.4 is 11.4 Å². The molecule has 80 valence electrons. The molecule has 8 heteroatoms. The Balaban J connectivity index is 2.50. The van der Waals surface area contributed by atoms with Crippen molar-refractivity contribution in [2.45, 2.75) is 12.8 Å². The lowest BCUT2D eigenvalue weighted by Gasteiger charge is -2.18. The fraction of sp³-hybridized carbons (Fsp3) is 0.286. The number of nitrogens with one attached hydrogen (secondary N) is 1. The van der Waals surface area contributed by atoms with Crippen LogP contribution in [0, 0.1) is 0 Å². The minimum Gasteiger partial charge on any atom is -0.450 e. The van der Waals surface area contributed by atoms with Crippen LogP contribution in [0.1, 0.15) is 6.23 Å². The van der Waals surface area contributed by atoms with Gasteiger partial charge in [-0.25, -0.2) is 19.1 Å². The van der Waals surface area contributed by atoms with Crippen molar-refractivity contribution in [2.75, 3.05) is 0 Å². The predicted molar refractivity (Wildman–Crippen MR) is 46.6 cm³/mol. The molecule has 1 atom stereocenters. The maximum atomic E-state index is 11.3. The van der Waals surface area contributed by atoms with E-state index in [9.17, 15) is 14.4 Å². The summed E-state index contributed by atoms with van der Waals surface area (Å²) in [5.41, 5.74) is -1.29. The van der Waals surface area contributed by atoms with Crippen LogP contribution in [0.15, 0.2) is 21.7 Å². The lowest BCUT2D eigenvalue weighted by atomic mass is 10.4. The number of nitrogens with zero attached hydrogens (tertiary/aromatic N) is 2. The van der Waals surface area contributed by atoms with E-state index in [-0.39, 0.29) is 6.54 Å². The lowest BCUT2D eigenvalue weighted by Crippen LogP contribution is -2.34.